The summed E-state index contributed by atoms with van der Waals surface area (Å²) in [6, 6.07) is 9.05. The fourth-order valence-corrected chi connectivity index (χ4v) is 4.41. The van der Waals surface area contributed by atoms with Crippen molar-refractivity contribution in [2.24, 2.45) is 7.05 Å². The highest BCUT2D eigenvalue weighted by molar-refractivity contribution is 6.05. The molecular formula is C22H22FN7O. The summed E-state index contributed by atoms with van der Waals surface area (Å²) in [6.07, 6.45) is 1.49. The van der Waals surface area contributed by atoms with Crippen LogP contribution < -0.4 is 10.9 Å². The van der Waals surface area contributed by atoms with E-state index >= 15 is 4.39 Å². The molecule has 2 aromatic heterocycles. The van der Waals surface area contributed by atoms with Crippen LogP contribution in [0, 0.1) is 5.82 Å². The quantitative estimate of drug-likeness (QED) is 0.528. The normalized spacial score (nSPS) is 15.5. The molecule has 3 heterocycles. The summed E-state index contributed by atoms with van der Waals surface area (Å²) in [5.41, 5.74) is 2.73. The van der Waals surface area contributed by atoms with Crippen LogP contribution in [0.5, 0.6) is 0 Å². The Balaban J connectivity index is 1.83. The van der Waals surface area contributed by atoms with Gasteiger partial charge in [0.1, 0.15) is 18.0 Å². The van der Waals surface area contributed by atoms with E-state index in [0.29, 0.717) is 46.4 Å². The van der Waals surface area contributed by atoms with Crippen molar-refractivity contribution >= 4 is 16.5 Å². The third kappa shape index (κ3) is 3.09. The molecule has 0 spiro atoms. The van der Waals surface area contributed by atoms with Crippen molar-refractivity contribution in [2.45, 2.75) is 12.5 Å². The first-order valence-corrected chi connectivity index (χ1v) is 10.0. The van der Waals surface area contributed by atoms with E-state index in [9.17, 15) is 4.79 Å². The van der Waals surface area contributed by atoms with Gasteiger partial charge in [0.15, 0.2) is 0 Å². The summed E-state index contributed by atoms with van der Waals surface area (Å²) < 4.78 is 17.2. The van der Waals surface area contributed by atoms with Crippen molar-refractivity contribution < 1.29 is 4.39 Å². The van der Waals surface area contributed by atoms with E-state index in [1.807, 2.05) is 50.3 Å². The fourth-order valence-electron chi connectivity index (χ4n) is 4.41. The number of aromatic amines is 1. The SMILES string of the molecule is CN(C)Cc1ccccc1-c1c(F)cc2c3c(n[nH]c(=O)c13)C(c1ncnn1C)CN2. The third-order valence-electron chi connectivity index (χ3n) is 5.70. The Labute approximate surface area is 177 Å². The van der Waals surface area contributed by atoms with Crippen LogP contribution in [0.2, 0.25) is 0 Å². The van der Waals surface area contributed by atoms with Crippen LogP contribution in [0.25, 0.3) is 21.9 Å². The van der Waals surface area contributed by atoms with E-state index in [1.54, 1.807) is 4.68 Å². The summed E-state index contributed by atoms with van der Waals surface area (Å²) >= 11 is 0. The molecule has 1 aliphatic rings. The van der Waals surface area contributed by atoms with E-state index < -0.39 is 11.4 Å². The van der Waals surface area contributed by atoms with Gasteiger partial charge in [0.05, 0.1) is 17.0 Å². The second-order valence-electron chi connectivity index (χ2n) is 8.04. The topological polar surface area (TPSA) is 91.7 Å². The molecule has 9 heteroatoms. The molecule has 8 nitrogen and oxygen atoms in total. The van der Waals surface area contributed by atoms with Crippen molar-refractivity contribution in [2.75, 3.05) is 26.0 Å². The average Bonchev–Trinajstić information content (AvgIpc) is 3.16. The van der Waals surface area contributed by atoms with Gasteiger partial charge in [0.25, 0.3) is 5.56 Å². The smallest absolute Gasteiger partial charge is 0.272 e. The predicted molar refractivity (Wildman–Crippen MR) is 116 cm³/mol. The third-order valence-corrected chi connectivity index (χ3v) is 5.70. The van der Waals surface area contributed by atoms with E-state index in [-0.39, 0.29) is 5.92 Å². The summed E-state index contributed by atoms with van der Waals surface area (Å²) in [6.45, 7) is 1.10. The minimum atomic E-state index is -0.444. The van der Waals surface area contributed by atoms with E-state index in [2.05, 4.69) is 25.6 Å². The highest BCUT2D eigenvalue weighted by atomic mass is 19.1. The molecule has 2 N–H and O–H groups in total. The van der Waals surface area contributed by atoms with Crippen molar-refractivity contribution in [3.05, 3.63) is 69.9 Å². The number of aryl methyl sites for hydroxylation is 1. The van der Waals surface area contributed by atoms with E-state index in [0.717, 1.165) is 11.4 Å². The maximum absolute atomic E-state index is 15.5. The monoisotopic (exact) mass is 419 g/mol. The van der Waals surface area contributed by atoms with Crippen molar-refractivity contribution in [3.8, 4) is 11.1 Å². The number of H-pyrrole nitrogens is 1. The lowest BCUT2D eigenvalue weighted by atomic mass is 9.88. The molecule has 2 aromatic carbocycles. The molecule has 0 saturated carbocycles. The molecule has 4 aromatic rings. The van der Waals surface area contributed by atoms with Gasteiger partial charge in [-0.1, -0.05) is 24.3 Å². The number of anilines is 1. The maximum atomic E-state index is 15.5. The molecule has 0 amide bonds. The summed E-state index contributed by atoms with van der Waals surface area (Å²) in [7, 11) is 5.72. The van der Waals surface area contributed by atoms with Crippen LogP contribution >= 0.6 is 0 Å². The lowest BCUT2D eigenvalue weighted by Crippen LogP contribution is -2.27. The highest BCUT2D eigenvalue weighted by Crippen LogP contribution is 2.41. The number of rotatable bonds is 4. The van der Waals surface area contributed by atoms with Gasteiger partial charge in [-0.25, -0.2) is 14.5 Å². The van der Waals surface area contributed by atoms with Gasteiger partial charge >= 0.3 is 0 Å². The molecule has 0 bridgehead atoms. The zero-order chi connectivity index (χ0) is 21.7. The average molecular weight is 419 g/mol. The summed E-state index contributed by atoms with van der Waals surface area (Å²) in [5, 5.41) is 15.3. The van der Waals surface area contributed by atoms with Crippen LogP contribution in [0.4, 0.5) is 10.1 Å². The Morgan fingerprint density at radius 1 is 1.26 bits per heavy atom. The first kappa shape index (κ1) is 19.4. The number of hydrogen-bond donors (Lipinski definition) is 2. The molecule has 31 heavy (non-hydrogen) atoms. The van der Waals surface area contributed by atoms with Gasteiger partial charge < -0.3 is 10.2 Å². The molecule has 0 radical (unpaired) electrons. The van der Waals surface area contributed by atoms with Crippen LogP contribution in [0.3, 0.4) is 0 Å². The minimum Gasteiger partial charge on any atom is -0.383 e. The standard InChI is InChI=1S/C22H22FN7O/c1-29(2)10-12-6-4-5-7-13(12)17-15(23)8-16-18-19(17)22(31)28-27-20(18)14(9-24-16)21-25-11-26-30(21)3/h4-8,11,14,24H,9-10H2,1-3H3,(H,28,31). The van der Waals surface area contributed by atoms with Crippen molar-refractivity contribution in [1.82, 2.24) is 29.9 Å². The van der Waals surface area contributed by atoms with Gasteiger partial charge in [-0.05, 0) is 31.3 Å². The van der Waals surface area contributed by atoms with Crippen LogP contribution in [0.1, 0.15) is 23.0 Å². The maximum Gasteiger partial charge on any atom is 0.272 e. The molecule has 0 fully saturated rings. The molecule has 1 aliphatic heterocycles. The van der Waals surface area contributed by atoms with Gasteiger partial charge in [-0.3, -0.25) is 9.48 Å². The van der Waals surface area contributed by atoms with Gasteiger partial charge in [-0.2, -0.15) is 10.2 Å². The summed E-state index contributed by atoms with van der Waals surface area (Å²) in [4.78, 5) is 19.4. The first-order chi connectivity index (χ1) is 15.0. The number of benzene rings is 2. The van der Waals surface area contributed by atoms with E-state index in [4.69, 9.17) is 0 Å². The Hall–Kier alpha value is -3.59. The van der Waals surface area contributed by atoms with Crippen LogP contribution in [0.15, 0.2) is 41.5 Å². The van der Waals surface area contributed by atoms with Crippen LogP contribution in [-0.4, -0.2) is 50.5 Å². The fraction of sp³-hybridized carbons (Fsp3) is 0.273. The van der Waals surface area contributed by atoms with E-state index in [1.165, 1.54) is 12.4 Å². The first-order valence-electron chi connectivity index (χ1n) is 10.0. The molecule has 5 rings (SSSR count). The highest BCUT2D eigenvalue weighted by Gasteiger charge is 2.31. The Bertz CT molecular complexity index is 1360. The lowest BCUT2D eigenvalue weighted by molar-refractivity contribution is 0.403. The second kappa shape index (κ2) is 7.28. The minimum absolute atomic E-state index is 0.227. The molecular weight excluding hydrogens is 397 g/mol. The number of nitrogens with one attached hydrogen (secondary N) is 2. The Kier molecular flexibility index (Phi) is 4.55. The van der Waals surface area contributed by atoms with Crippen molar-refractivity contribution in [3.63, 3.8) is 0 Å². The van der Waals surface area contributed by atoms with Gasteiger partial charge in [0, 0.05) is 36.8 Å². The summed E-state index contributed by atoms with van der Waals surface area (Å²) in [5.74, 6) is 0.0496. The predicted octanol–water partition coefficient (Wildman–Crippen LogP) is 2.48. The van der Waals surface area contributed by atoms with Crippen LogP contribution in [-0.2, 0) is 13.6 Å². The molecule has 158 valence electrons. The molecule has 0 saturated heterocycles. The zero-order valence-corrected chi connectivity index (χ0v) is 17.5. The zero-order valence-electron chi connectivity index (χ0n) is 17.5. The molecule has 1 unspecified atom stereocenters. The second-order valence-corrected chi connectivity index (χ2v) is 8.04. The number of hydrogen-bond acceptors (Lipinski definition) is 6. The largest absolute Gasteiger partial charge is 0.383 e. The lowest BCUT2D eigenvalue weighted by Gasteiger charge is -2.26. The molecule has 1 atom stereocenters. The number of aromatic nitrogens is 5. The van der Waals surface area contributed by atoms with Crippen molar-refractivity contribution in [1.29, 1.82) is 0 Å². The number of nitrogens with zero attached hydrogens (tertiary/aromatic N) is 5. The van der Waals surface area contributed by atoms with Gasteiger partial charge in [0.2, 0.25) is 0 Å². The molecule has 0 aliphatic carbocycles. The number of halogens is 1. The Morgan fingerprint density at radius 2 is 2.06 bits per heavy atom. The van der Waals surface area contributed by atoms with Gasteiger partial charge in [-0.15, -0.1) is 0 Å². The Morgan fingerprint density at radius 3 is 2.81 bits per heavy atom.